The summed E-state index contributed by atoms with van der Waals surface area (Å²) < 4.78 is 33.1. The van der Waals surface area contributed by atoms with Crippen LogP contribution in [0.2, 0.25) is 0 Å². The summed E-state index contributed by atoms with van der Waals surface area (Å²) >= 11 is -1.63. The zero-order valence-corrected chi connectivity index (χ0v) is 18.6. The fourth-order valence-electron chi connectivity index (χ4n) is 3.85. The Kier molecular flexibility index (Phi) is 7.85. The molecule has 1 aromatic heterocycles. The van der Waals surface area contributed by atoms with Gasteiger partial charge in [-0.3, -0.25) is 8.37 Å². The second-order valence-electron chi connectivity index (χ2n) is 7.93. The molecule has 8 nitrogen and oxygen atoms in total. The Bertz CT molecular complexity index is 864. The van der Waals surface area contributed by atoms with E-state index in [0.717, 1.165) is 36.6 Å². The molecule has 0 aliphatic carbocycles. The summed E-state index contributed by atoms with van der Waals surface area (Å²) in [5, 5.41) is 3.40. The van der Waals surface area contributed by atoms with Crippen LogP contribution in [-0.4, -0.2) is 47.1 Å². The Morgan fingerprint density at radius 2 is 1.81 bits per heavy atom. The van der Waals surface area contributed by atoms with Crippen molar-refractivity contribution >= 4 is 11.4 Å². The Morgan fingerprint density at radius 3 is 2.55 bits per heavy atom. The van der Waals surface area contributed by atoms with Gasteiger partial charge in [0, 0.05) is 5.92 Å². The van der Waals surface area contributed by atoms with Gasteiger partial charge in [0.15, 0.2) is 0 Å². The lowest BCUT2D eigenvalue weighted by atomic mass is 9.93. The summed E-state index contributed by atoms with van der Waals surface area (Å²) in [6.45, 7) is 5.55. The van der Waals surface area contributed by atoms with E-state index in [9.17, 15) is 4.21 Å². The van der Waals surface area contributed by atoms with Gasteiger partial charge in [-0.2, -0.15) is 4.21 Å². The maximum atomic E-state index is 11.1. The van der Waals surface area contributed by atoms with Crippen LogP contribution in [0.3, 0.4) is 0 Å². The third-order valence-corrected chi connectivity index (χ3v) is 6.40. The van der Waals surface area contributed by atoms with Gasteiger partial charge < -0.3 is 14.8 Å². The second-order valence-corrected chi connectivity index (χ2v) is 8.81. The first-order valence-electron chi connectivity index (χ1n) is 10.8. The molecule has 168 valence electrons. The van der Waals surface area contributed by atoms with Gasteiger partial charge in [-0.1, -0.05) is 12.1 Å². The molecule has 2 aromatic rings. The molecule has 0 atom stereocenters. The number of benzene rings is 1. The minimum Gasteiger partial charge on any atom is -0.477 e. The molecule has 0 saturated carbocycles. The number of nitrogens with zero attached hydrogens (tertiary/aromatic N) is 2. The first-order chi connectivity index (χ1) is 15.2. The fourth-order valence-corrected chi connectivity index (χ4v) is 4.47. The van der Waals surface area contributed by atoms with Gasteiger partial charge in [0.2, 0.25) is 11.8 Å². The molecule has 0 spiro atoms. The van der Waals surface area contributed by atoms with E-state index in [0.29, 0.717) is 37.3 Å². The van der Waals surface area contributed by atoms with Crippen LogP contribution in [0.15, 0.2) is 30.6 Å². The smallest absolute Gasteiger partial charge is 0.304 e. The summed E-state index contributed by atoms with van der Waals surface area (Å²) in [4.78, 5) is 8.53. The van der Waals surface area contributed by atoms with Crippen molar-refractivity contribution in [3.63, 3.8) is 0 Å². The van der Waals surface area contributed by atoms with Crippen LogP contribution in [0, 0.1) is 12.8 Å². The van der Waals surface area contributed by atoms with E-state index >= 15 is 0 Å². The lowest BCUT2D eigenvalue weighted by Crippen LogP contribution is -2.27. The first-order valence-corrected chi connectivity index (χ1v) is 11.8. The van der Waals surface area contributed by atoms with Gasteiger partial charge in [-0.15, -0.1) is 0 Å². The predicted molar refractivity (Wildman–Crippen MR) is 116 cm³/mol. The quantitative estimate of drug-likeness (QED) is 0.616. The molecule has 0 bridgehead atoms. The van der Waals surface area contributed by atoms with Crippen LogP contribution >= 0.6 is 0 Å². The average Bonchev–Trinajstić information content (AvgIpc) is 2.81. The number of aromatic nitrogens is 2. The molecule has 31 heavy (non-hydrogen) atoms. The van der Waals surface area contributed by atoms with Crippen molar-refractivity contribution < 1.29 is 22.0 Å². The van der Waals surface area contributed by atoms with Crippen molar-refractivity contribution in [2.24, 2.45) is 5.92 Å². The van der Waals surface area contributed by atoms with Gasteiger partial charge in [-0.25, -0.2) is 9.97 Å². The van der Waals surface area contributed by atoms with Gasteiger partial charge in [0.05, 0.1) is 25.4 Å². The molecular formula is C22H29N3O5S. The number of hydrogen-bond acceptors (Lipinski definition) is 8. The van der Waals surface area contributed by atoms with Crippen molar-refractivity contribution in [2.75, 3.05) is 32.9 Å². The molecule has 2 saturated heterocycles. The van der Waals surface area contributed by atoms with Gasteiger partial charge in [0.1, 0.15) is 12.1 Å². The standard InChI is InChI=1S/C22H29N3O5S/c1-16-21(27-12-2-3-17-8-10-23-11-9-17)24-15-25-22(16)30-20-6-4-18(5-7-20)19-13-28-31(26)29-14-19/h4-7,15,17,19,23H,2-3,8-14H2,1H3. The lowest BCUT2D eigenvalue weighted by Gasteiger charge is -2.22. The number of piperidine rings is 1. The predicted octanol–water partition coefficient (Wildman–Crippen LogP) is 3.45. The Morgan fingerprint density at radius 1 is 1.10 bits per heavy atom. The third-order valence-electron chi connectivity index (χ3n) is 5.74. The molecule has 0 amide bonds. The van der Waals surface area contributed by atoms with Crippen molar-refractivity contribution in [1.82, 2.24) is 15.3 Å². The highest BCUT2D eigenvalue weighted by molar-refractivity contribution is 7.75. The normalized spacial score (nSPS) is 22.2. The molecule has 0 radical (unpaired) electrons. The summed E-state index contributed by atoms with van der Waals surface area (Å²) in [5.74, 6) is 2.57. The zero-order chi connectivity index (χ0) is 21.5. The van der Waals surface area contributed by atoms with E-state index in [1.54, 1.807) is 0 Å². The van der Waals surface area contributed by atoms with Crippen LogP contribution in [0.1, 0.15) is 42.7 Å². The van der Waals surface area contributed by atoms with Crippen LogP contribution in [-0.2, 0) is 19.7 Å². The summed E-state index contributed by atoms with van der Waals surface area (Å²) in [6, 6.07) is 7.66. The number of nitrogens with one attached hydrogen (secondary N) is 1. The maximum Gasteiger partial charge on any atom is 0.304 e. The number of rotatable bonds is 8. The molecule has 1 N–H and O–H groups in total. The van der Waals surface area contributed by atoms with Crippen molar-refractivity contribution in [2.45, 2.75) is 38.5 Å². The minimum absolute atomic E-state index is 0.0532. The Balaban J connectivity index is 1.29. The van der Waals surface area contributed by atoms with E-state index in [-0.39, 0.29) is 5.92 Å². The SMILES string of the molecule is Cc1c(OCCCC2CCNCC2)ncnc1Oc1ccc(C2COS(=O)OC2)cc1. The van der Waals surface area contributed by atoms with E-state index < -0.39 is 11.4 Å². The zero-order valence-electron chi connectivity index (χ0n) is 17.7. The van der Waals surface area contributed by atoms with Gasteiger partial charge in [-0.05, 0) is 69.3 Å². The Hall–Kier alpha value is -2.07. The van der Waals surface area contributed by atoms with Crippen molar-refractivity contribution in [3.8, 4) is 17.5 Å². The highest BCUT2D eigenvalue weighted by Gasteiger charge is 2.21. The van der Waals surface area contributed by atoms with Crippen LogP contribution in [0.25, 0.3) is 0 Å². The van der Waals surface area contributed by atoms with Crippen molar-refractivity contribution in [1.29, 1.82) is 0 Å². The third kappa shape index (κ3) is 6.22. The van der Waals surface area contributed by atoms with Gasteiger partial charge in [0.25, 0.3) is 0 Å². The molecule has 1 aromatic carbocycles. The lowest BCUT2D eigenvalue weighted by molar-refractivity contribution is 0.160. The second kappa shape index (κ2) is 11.0. The van der Waals surface area contributed by atoms with E-state index in [1.807, 2.05) is 31.2 Å². The molecule has 2 fully saturated rings. The molecular weight excluding hydrogens is 418 g/mol. The average molecular weight is 448 g/mol. The maximum absolute atomic E-state index is 11.1. The van der Waals surface area contributed by atoms with Crippen LogP contribution in [0.5, 0.6) is 17.5 Å². The molecule has 2 aliphatic rings. The summed E-state index contributed by atoms with van der Waals surface area (Å²) in [5.41, 5.74) is 1.83. The molecule has 9 heteroatoms. The van der Waals surface area contributed by atoms with E-state index in [2.05, 4.69) is 15.3 Å². The monoisotopic (exact) mass is 447 g/mol. The highest BCUT2D eigenvalue weighted by atomic mass is 32.2. The van der Waals surface area contributed by atoms with Crippen LogP contribution in [0.4, 0.5) is 0 Å². The van der Waals surface area contributed by atoms with E-state index in [1.165, 1.54) is 25.6 Å². The summed E-state index contributed by atoms with van der Waals surface area (Å²) in [7, 11) is 0. The Labute approximate surface area is 185 Å². The van der Waals surface area contributed by atoms with Crippen LogP contribution < -0.4 is 14.8 Å². The highest BCUT2D eigenvalue weighted by Crippen LogP contribution is 2.29. The largest absolute Gasteiger partial charge is 0.477 e. The molecule has 2 aliphatic heterocycles. The topological polar surface area (TPSA) is 91.8 Å². The molecule has 3 heterocycles. The van der Waals surface area contributed by atoms with Crippen molar-refractivity contribution in [3.05, 3.63) is 41.7 Å². The number of ether oxygens (including phenoxy) is 2. The fraction of sp³-hybridized carbons (Fsp3) is 0.545. The number of hydrogen-bond donors (Lipinski definition) is 1. The minimum atomic E-state index is -1.63. The molecule has 4 rings (SSSR count). The summed E-state index contributed by atoms with van der Waals surface area (Å²) in [6.07, 6.45) is 6.19. The van der Waals surface area contributed by atoms with E-state index in [4.69, 9.17) is 17.8 Å². The first kappa shape index (κ1) is 22.1. The molecule has 0 unspecified atom stereocenters. The van der Waals surface area contributed by atoms with Gasteiger partial charge >= 0.3 is 11.4 Å².